The number of carbonyl (C=O) groups excluding carboxylic acids is 1. The van der Waals surface area contributed by atoms with Gasteiger partial charge in [0.15, 0.2) is 11.6 Å². The van der Waals surface area contributed by atoms with Crippen LogP contribution in [0.2, 0.25) is 0 Å². The van der Waals surface area contributed by atoms with Gasteiger partial charge in [-0.15, -0.1) is 11.8 Å². The second-order valence-corrected chi connectivity index (χ2v) is 12.9. The maximum Gasteiger partial charge on any atom is 0.416 e. The fourth-order valence-electron chi connectivity index (χ4n) is 5.73. The van der Waals surface area contributed by atoms with E-state index in [1.807, 2.05) is 0 Å². The smallest absolute Gasteiger partial charge is 0.384 e. The normalized spacial score (nSPS) is 21.3. The standard InChI is InChI=1S/C41H42F5N3O3S/c1-27-6-15-36-34(22-27)37(50)23-39(53-26-31-4-3-5-35(42)40(31)43)49(36)25-38(51)48(33-16-18-47(19-17-33)20-21-52-2)24-28-7-9-29(10-8-28)30-11-13-32(14-12-30)41(44,45)46/h3-15,22-23,33,37,50H,16-21,24-26H2,1-2H3/i6D,15D,20D2,22D,23D,24D2,25D2,26D2. The van der Waals surface area contributed by atoms with Crippen LogP contribution < -0.4 is 4.90 Å². The van der Waals surface area contributed by atoms with E-state index >= 15 is 9.18 Å². The van der Waals surface area contributed by atoms with Gasteiger partial charge >= 0.3 is 6.18 Å². The lowest BCUT2D eigenvalue weighted by Gasteiger charge is -2.40. The van der Waals surface area contributed by atoms with Crippen LogP contribution in [0.3, 0.4) is 0 Å². The topological polar surface area (TPSA) is 56.3 Å². The molecule has 12 heteroatoms. The van der Waals surface area contributed by atoms with Crippen molar-refractivity contribution in [2.24, 2.45) is 0 Å². The van der Waals surface area contributed by atoms with Crippen molar-refractivity contribution < 1.29 is 53.0 Å². The molecule has 1 saturated heterocycles. The average Bonchev–Trinajstić information content (AvgIpc) is 3.24. The molecule has 2 heterocycles. The number of amides is 1. The van der Waals surface area contributed by atoms with Crippen molar-refractivity contribution in [2.75, 3.05) is 44.7 Å². The third kappa shape index (κ3) is 9.29. The first-order chi connectivity index (χ1) is 30.1. The molecule has 0 bridgehead atoms. The summed E-state index contributed by atoms with van der Waals surface area (Å²) in [5.74, 6) is -4.82. The van der Waals surface area contributed by atoms with E-state index in [2.05, 4.69) is 0 Å². The largest absolute Gasteiger partial charge is 0.416 e. The van der Waals surface area contributed by atoms with Crippen molar-refractivity contribution in [1.29, 1.82) is 0 Å². The molecule has 0 aliphatic carbocycles. The molecule has 6 nitrogen and oxygen atoms in total. The van der Waals surface area contributed by atoms with Crippen molar-refractivity contribution in [3.05, 3.63) is 135 Å². The Bertz CT molecular complexity index is 2490. The van der Waals surface area contributed by atoms with E-state index < -0.39 is 113 Å². The second-order valence-electron chi connectivity index (χ2n) is 12.1. The number of aliphatic hydroxyl groups is 1. The number of rotatable bonds is 12. The lowest BCUT2D eigenvalue weighted by Crippen LogP contribution is -2.50. The molecular weight excluding hydrogens is 710 g/mol. The number of hydrogen-bond acceptors (Lipinski definition) is 6. The first-order valence-electron chi connectivity index (χ1n) is 22.4. The highest BCUT2D eigenvalue weighted by atomic mass is 32.2. The number of likely N-dealkylation sites (tertiary alicyclic amines) is 1. The van der Waals surface area contributed by atoms with E-state index in [-0.39, 0.29) is 55.4 Å². The summed E-state index contributed by atoms with van der Waals surface area (Å²) in [5, 5.41) is 10.5. The summed E-state index contributed by atoms with van der Waals surface area (Å²) in [4.78, 5) is 17.6. The van der Waals surface area contributed by atoms with Gasteiger partial charge in [0.05, 0.1) is 28.2 Å². The van der Waals surface area contributed by atoms with Gasteiger partial charge in [0.25, 0.3) is 0 Å². The molecule has 1 unspecified atom stereocenters. The highest BCUT2D eigenvalue weighted by Gasteiger charge is 2.33. The van der Waals surface area contributed by atoms with Gasteiger partial charge in [-0.05, 0) is 66.7 Å². The second kappa shape index (κ2) is 16.8. The molecule has 1 amide bonds. The van der Waals surface area contributed by atoms with Crippen molar-refractivity contribution in [3.8, 4) is 11.1 Å². The van der Waals surface area contributed by atoms with E-state index in [9.17, 15) is 28.2 Å². The number of ether oxygens (including phenoxy) is 1. The first-order valence-corrected chi connectivity index (χ1v) is 17.2. The van der Waals surface area contributed by atoms with Gasteiger partial charge in [0, 0.05) is 67.2 Å². The van der Waals surface area contributed by atoms with Crippen molar-refractivity contribution >= 4 is 23.4 Å². The number of fused-ring (bicyclic) bond motifs is 1. The van der Waals surface area contributed by atoms with Gasteiger partial charge in [-0.3, -0.25) is 4.79 Å². The fourth-order valence-corrected chi connectivity index (χ4v) is 6.50. The molecule has 53 heavy (non-hydrogen) atoms. The van der Waals surface area contributed by atoms with Crippen LogP contribution in [-0.2, 0) is 27.9 Å². The zero-order valence-electron chi connectivity index (χ0n) is 40.4. The molecule has 0 spiro atoms. The molecule has 4 aromatic rings. The Labute approximate surface area is 327 Å². The molecule has 0 aromatic heterocycles. The fraction of sp³-hybridized carbons (Fsp3) is 0.341. The Hall–Kier alpha value is -4.23. The minimum Gasteiger partial charge on any atom is -0.384 e. The van der Waals surface area contributed by atoms with Crippen LogP contribution >= 0.6 is 11.8 Å². The van der Waals surface area contributed by atoms with E-state index in [0.29, 0.717) is 27.0 Å². The van der Waals surface area contributed by atoms with Crippen molar-refractivity contribution in [3.63, 3.8) is 0 Å². The highest BCUT2D eigenvalue weighted by molar-refractivity contribution is 8.02. The number of alkyl halides is 3. The zero-order valence-corrected chi connectivity index (χ0v) is 29.3. The predicted octanol–water partition coefficient (Wildman–Crippen LogP) is 8.73. The number of piperidine rings is 1. The minimum atomic E-state index is -4.60. The van der Waals surface area contributed by atoms with Crippen LogP contribution in [0.15, 0.2) is 95.9 Å². The quantitative estimate of drug-likeness (QED) is 0.146. The average molecular weight is 764 g/mol. The Kier molecular flexibility index (Phi) is 8.18. The third-order valence-corrected chi connectivity index (χ3v) is 9.30. The molecule has 0 saturated carbocycles. The van der Waals surface area contributed by atoms with E-state index in [1.54, 1.807) is 0 Å². The van der Waals surface area contributed by atoms with Gasteiger partial charge in [-0.25, -0.2) is 8.78 Å². The number of anilines is 1. The van der Waals surface area contributed by atoms with Crippen LogP contribution in [0.1, 0.15) is 63.2 Å². The lowest BCUT2D eigenvalue weighted by atomic mass is 9.99. The van der Waals surface area contributed by atoms with Gasteiger partial charge in [-0.2, -0.15) is 13.2 Å². The summed E-state index contributed by atoms with van der Waals surface area (Å²) in [5.41, 5.74) is -6.15. The number of carbonyl (C=O) groups is 1. The summed E-state index contributed by atoms with van der Waals surface area (Å²) in [7, 11) is 1.29. The van der Waals surface area contributed by atoms with Gasteiger partial charge in [-0.1, -0.05) is 66.2 Å². The monoisotopic (exact) mass is 763 g/mol. The molecule has 280 valence electrons. The van der Waals surface area contributed by atoms with Crippen LogP contribution in [0.25, 0.3) is 11.1 Å². The Morgan fingerprint density at radius 1 is 1.04 bits per heavy atom. The van der Waals surface area contributed by atoms with Crippen LogP contribution in [0.5, 0.6) is 0 Å². The van der Waals surface area contributed by atoms with E-state index in [0.717, 1.165) is 24.3 Å². The molecule has 0 radical (unpaired) electrons. The summed E-state index contributed by atoms with van der Waals surface area (Å²) in [6, 6.07) is 7.46. The molecule has 4 aromatic carbocycles. The SMILES string of the molecule is [2H]C1=C(SC([2H])([2H])c2cccc(F)c2F)N(C([2H])([2H])C(=O)N(C2CCN(C([2H])([2H])COC)CC2)C([2H])([2H])c2ccc(-c3ccc(C(F)(F)F)cc3)cc2)c2c([2H])c([2H])c(C)c([2H])c2C1O. The third-order valence-electron chi connectivity index (χ3n) is 8.48. The van der Waals surface area contributed by atoms with Gasteiger partial charge in [0.2, 0.25) is 5.91 Å². The minimum absolute atomic E-state index is 0.104. The van der Waals surface area contributed by atoms with Crippen LogP contribution in [0, 0.1) is 18.6 Å². The Morgan fingerprint density at radius 3 is 2.38 bits per heavy atom. The number of hydrogen-bond donors (Lipinski definition) is 1. The molecule has 1 N–H and O–H groups in total. The maximum atomic E-state index is 15.3. The number of nitrogens with zero attached hydrogens (tertiary/aromatic N) is 3. The summed E-state index contributed by atoms with van der Waals surface area (Å²) in [6.07, 6.45) is -7.13. The first kappa shape index (κ1) is 25.7. The molecule has 1 fully saturated rings. The van der Waals surface area contributed by atoms with Gasteiger partial charge < -0.3 is 24.5 Å². The number of benzene rings is 4. The van der Waals surface area contributed by atoms with E-state index in [1.165, 1.54) is 55.3 Å². The number of halogens is 5. The number of thioether (sulfide) groups is 1. The predicted molar refractivity (Wildman–Crippen MR) is 198 cm³/mol. The summed E-state index contributed by atoms with van der Waals surface area (Å²) in [6.45, 7) is -8.03. The lowest BCUT2D eigenvalue weighted by molar-refractivity contribution is -0.137. The molecule has 6 rings (SSSR count). The van der Waals surface area contributed by atoms with Crippen molar-refractivity contribution in [1.82, 2.24) is 9.80 Å². The summed E-state index contributed by atoms with van der Waals surface area (Å²) >= 11 is -0.136. The van der Waals surface area contributed by atoms with Gasteiger partial charge in [0.1, 0.15) is 12.6 Å². The molecule has 1 atom stereocenters. The zero-order chi connectivity index (χ0) is 48.4. The molecular formula is C41H42F5N3O3S. The molecule has 2 aliphatic heterocycles. The number of aliphatic hydroxyl groups excluding tert-OH is 1. The highest BCUT2D eigenvalue weighted by Crippen LogP contribution is 2.41. The van der Waals surface area contributed by atoms with Crippen LogP contribution in [0.4, 0.5) is 27.6 Å². The van der Waals surface area contributed by atoms with Crippen LogP contribution in [-0.4, -0.2) is 66.7 Å². The summed E-state index contributed by atoms with van der Waals surface area (Å²) < 4.78 is 183. The maximum absolute atomic E-state index is 15.3. The molecule has 2 aliphatic rings. The Balaban J connectivity index is 1.51. The Morgan fingerprint density at radius 2 is 1.72 bits per heavy atom. The van der Waals surface area contributed by atoms with E-state index in [4.69, 9.17) is 15.7 Å². The van der Waals surface area contributed by atoms with Crippen molar-refractivity contribution in [2.45, 2.75) is 50.3 Å². The number of methoxy groups -OCH3 is 1.